The Morgan fingerprint density at radius 1 is 0.927 bits per heavy atom. The van der Waals surface area contributed by atoms with E-state index in [1.807, 2.05) is 25.1 Å². The van der Waals surface area contributed by atoms with Gasteiger partial charge in [0.2, 0.25) is 9.84 Å². The zero-order valence-electron chi connectivity index (χ0n) is 26.5. The lowest BCUT2D eigenvalue weighted by molar-refractivity contribution is 0.0707. The molecule has 1 heterocycles. The molecule has 2 rings (SSSR count). The van der Waals surface area contributed by atoms with Gasteiger partial charge in [0, 0.05) is 13.0 Å². The number of methoxy groups -OCH3 is 1. The molecule has 232 valence electrons. The maximum Gasteiger partial charge on any atom is 0.272 e. The molecule has 2 aromatic rings. The zero-order chi connectivity index (χ0) is 30.3. The summed E-state index contributed by atoms with van der Waals surface area (Å²) < 4.78 is 41.8. The molecule has 0 unspecified atom stereocenters. The Hall–Kier alpha value is -1.88. The second kappa shape index (κ2) is 17.9. The van der Waals surface area contributed by atoms with E-state index in [4.69, 9.17) is 9.16 Å². The molecular formula is C31H54N4O4SSi. The van der Waals surface area contributed by atoms with Gasteiger partial charge in [-0.3, -0.25) is 0 Å². The lowest BCUT2D eigenvalue weighted by Crippen LogP contribution is -2.44. The first-order chi connectivity index (χ1) is 19.7. The fraction of sp³-hybridized carbons (Fsp3) is 0.710. The minimum atomic E-state index is -3.81. The van der Waals surface area contributed by atoms with Crippen LogP contribution in [0.3, 0.4) is 0 Å². The SMILES string of the molecule is CCCC[Si](CCCC)(CCCC)O[C@@H](C=C[C@H](C)[C@H](CC)OC)[C@@H](C)CS(=O)(=O)c1nnnn1-c1ccccc1. The minimum absolute atomic E-state index is 0.101. The van der Waals surface area contributed by atoms with Gasteiger partial charge in [0.1, 0.15) is 0 Å². The van der Waals surface area contributed by atoms with E-state index in [1.165, 1.54) is 4.68 Å². The minimum Gasteiger partial charge on any atom is -0.410 e. The molecule has 10 heteroatoms. The quantitative estimate of drug-likeness (QED) is 0.108. The van der Waals surface area contributed by atoms with Crippen molar-refractivity contribution in [1.29, 1.82) is 0 Å². The molecule has 1 aromatic carbocycles. The van der Waals surface area contributed by atoms with Crippen LogP contribution in [-0.2, 0) is 19.0 Å². The number of aromatic nitrogens is 4. The van der Waals surface area contributed by atoms with Gasteiger partial charge < -0.3 is 9.16 Å². The topological polar surface area (TPSA) is 96.2 Å². The average Bonchev–Trinajstić information content (AvgIpc) is 3.48. The summed E-state index contributed by atoms with van der Waals surface area (Å²) in [5.74, 6) is -0.211. The Balaban J connectivity index is 2.45. The molecule has 0 fully saturated rings. The van der Waals surface area contributed by atoms with E-state index in [2.05, 4.69) is 62.3 Å². The van der Waals surface area contributed by atoms with Crippen LogP contribution in [0.4, 0.5) is 0 Å². The predicted molar refractivity (Wildman–Crippen MR) is 170 cm³/mol. The Morgan fingerprint density at radius 2 is 1.51 bits per heavy atom. The third-order valence-corrected chi connectivity index (χ3v) is 14.3. The standard InChI is InChI=1S/C31H54N4O4SSi/c1-8-12-22-41(23-13-9-2,24-14-10-3)39-30(21-20-26(5)29(11-4)38-7)27(6)25-40(36,37)31-32-33-34-35(31)28-18-16-15-17-19-28/h15-21,26-27,29-30H,8-14,22-25H2,1-7H3/t26-,27-,29-,30-/m0/s1. The van der Waals surface area contributed by atoms with Gasteiger partial charge in [-0.15, -0.1) is 0 Å². The van der Waals surface area contributed by atoms with Crippen molar-refractivity contribution < 1.29 is 17.6 Å². The number of ether oxygens (including phenoxy) is 1. The zero-order valence-corrected chi connectivity index (χ0v) is 28.3. The Bertz CT molecular complexity index is 1100. The second-order valence-corrected chi connectivity index (χ2v) is 17.5. The third kappa shape index (κ3) is 10.7. The molecule has 0 aliphatic rings. The second-order valence-electron chi connectivity index (χ2n) is 11.5. The molecule has 0 saturated heterocycles. The largest absolute Gasteiger partial charge is 0.410 e. The van der Waals surface area contributed by atoms with E-state index in [-0.39, 0.29) is 35.0 Å². The van der Waals surface area contributed by atoms with E-state index in [0.717, 1.165) is 63.1 Å². The van der Waals surface area contributed by atoms with Crippen molar-refractivity contribution in [2.24, 2.45) is 11.8 Å². The maximum atomic E-state index is 13.8. The molecule has 0 aliphatic carbocycles. The van der Waals surface area contributed by atoms with Gasteiger partial charge in [0.05, 0.1) is 23.6 Å². The van der Waals surface area contributed by atoms with Crippen LogP contribution in [0, 0.1) is 11.8 Å². The van der Waals surface area contributed by atoms with E-state index in [0.29, 0.717) is 5.69 Å². The van der Waals surface area contributed by atoms with E-state index in [1.54, 1.807) is 19.2 Å². The average molecular weight is 607 g/mol. The molecule has 0 aliphatic heterocycles. The van der Waals surface area contributed by atoms with Crippen LogP contribution in [0.2, 0.25) is 18.1 Å². The highest BCUT2D eigenvalue weighted by atomic mass is 32.2. The van der Waals surface area contributed by atoms with E-state index in [9.17, 15) is 8.42 Å². The van der Waals surface area contributed by atoms with Gasteiger partial charge in [0.25, 0.3) is 5.16 Å². The van der Waals surface area contributed by atoms with Crippen LogP contribution in [0.15, 0.2) is 47.6 Å². The van der Waals surface area contributed by atoms with Crippen molar-refractivity contribution in [3.63, 3.8) is 0 Å². The van der Waals surface area contributed by atoms with Crippen molar-refractivity contribution in [1.82, 2.24) is 20.2 Å². The van der Waals surface area contributed by atoms with Gasteiger partial charge >= 0.3 is 0 Å². The number of hydrogen-bond donors (Lipinski definition) is 0. The van der Waals surface area contributed by atoms with Crippen molar-refractivity contribution in [3.05, 3.63) is 42.5 Å². The van der Waals surface area contributed by atoms with Crippen LogP contribution in [0.5, 0.6) is 0 Å². The van der Waals surface area contributed by atoms with Gasteiger partial charge in [-0.2, -0.15) is 4.68 Å². The van der Waals surface area contributed by atoms with Crippen LogP contribution >= 0.6 is 0 Å². The van der Waals surface area contributed by atoms with Gasteiger partial charge in [-0.05, 0) is 53.0 Å². The normalized spacial score (nSPS) is 15.7. The van der Waals surface area contributed by atoms with Crippen LogP contribution in [-0.4, -0.2) is 62.0 Å². The highest BCUT2D eigenvalue weighted by Gasteiger charge is 2.38. The molecule has 4 atom stereocenters. The number of benzene rings is 1. The fourth-order valence-electron chi connectivity index (χ4n) is 5.46. The van der Waals surface area contributed by atoms with Gasteiger partial charge in [-0.25, -0.2) is 8.42 Å². The lowest BCUT2D eigenvalue weighted by atomic mass is 9.99. The van der Waals surface area contributed by atoms with E-state index < -0.39 is 18.2 Å². The summed E-state index contributed by atoms with van der Waals surface area (Å²) in [5.41, 5.74) is 0.612. The van der Waals surface area contributed by atoms with Crippen molar-refractivity contribution in [2.45, 2.75) is 122 Å². The van der Waals surface area contributed by atoms with Crippen LogP contribution in [0.25, 0.3) is 5.69 Å². The number of unbranched alkanes of at least 4 members (excludes halogenated alkanes) is 3. The number of tetrazole rings is 1. The summed E-state index contributed by atoms with van der Waals surface area (Å²) in [7, 11) is -4.19. The molecule has 1 aromatic heterocycles. The monoisotopic (exact) mass is 606 g/mol. The van der Waals surface area contributed by atoms with Crippen LogP contribution < -0.4 is 0 Å². The highest BCUT2D eigenvalue weighted by Crippen LogP contribution is 2.33. The third-order valence-electron chi connectivity index (χ3n) is 8.00. The summed E-state index contributed by atoms with van der Waals surface area (Å²) in [5, 5.41) is 11.5. The molecule has 0 saturated carbocycles. The molecular weight excluding hydrogens is 553 g/mol. The smallest absolute Gasteiger partial charge is 0.272 e. The van der Waals surface area contributed by atoms with Crippen molar-refractivity contribution in [3.8, 4) is 5.69 Å². The molecule has 0 N–H and O–H groups in total. The molecule has 0 spiro atoms. The first-order valence-corrected chi connectivity index (χ1v) is 19.8. The summed E-state index contributed by atoms with van der Waals surface area (Å²) in [6.45, 7) is 13.0. The maximum absolute atomic E-state index is 13.8. The van der Waals surface area contributed by atoms with Crippen molar-refractivity contribution in [2.75, 3.05) is 12.9 Å². The Morgan fingerprint density at radius 3 is 2.02 bits per heavy atom. The number of rotatable bonds is 21. The Labute approximate surface area is 250 Å². The van der Waals surface area contributed by atoms with Crippen molar-refractivity contribution >= 4 is 18.2 Å². The number of nitrogens with zero attached hydrogens (tertiary/aromatic N) is 4. The summed E-state index contributed by atoms with van der Waals surface area (Å²) in [6, 6.07) is 12.5. The number of hydrogen-bond acceptors (Lipinski definition) is 7. The Kier molecular flexibility index (Phi) is 15.4. The molecule has 0 radical (unpaired) electrons. The molecule has 41 heavy (non-hydrogen) atoms. The van der Waals surface area contributed by atoms with Gasteiger partial charge in [-0.1, -0.05) is 116 Å². The number of sulfone groups is 1. The summed E-state index contributed by atoms with van der Waals surface area (Å²) in [6.07, 6.45) is 11.8. The van der Waals surface area contributed by atoms with Gasteiger partial charge in [0.15, 0.2) is 8.32 Å². The molecule has 0 amide bonds. The van der Waals surface area contributed by atoms with E-state index >= 15 is 0 Å². The molecule has 0 bridgehead atoms. The first-order valence-electron chi connectivity index (χ1n) is 15.6. The predicted octanol–water partition coefficient (Wildman–Crippen LogP) is 7.42. The highest BCUT2D eigenvalue weighted by molar-refractivity contribution is 7.91. The lowest BCUT2D eigenvalue weighted by Gasteiger charge is -2.37. The molecule has 8 nitrogen and oxygen atoms in total. The fourth-order valence-corrected chi connectivity index (χ4v) is 12.0. The summed E-state index contributed by atoms with van der Waals surface area (Å²) >= 11 is 0. The number of para-hydroxylation sites is 1. The first kappa shape index (κ1) is 35.3. The van der Waals surface area contributed by atoms with Crippen LogP contribution in [0.1, 0.15) is 86.5 Å². The summed E-state index contributed by atoms with van der Waals surface area (Å²) in [4.78, 5) is 0.